The molecule has 0 bridgehead atoms. The quantitative estimate of drug-likeness (QED) is 0.878. The molecule has 1 saturated carbocycles. The molecule has 4 nitrogen and oxygen atoms in total. The van der Waals surface area contributed by atoms with Crippen molar-refractivity contribution in [2.75, 3.05) is 12.4 Å². The molecule has 1 aromatic rings. The van der Waals surface area contributed by atoms with Crippen molar-refractivity contribution in [3.05, 3.63) is 23.8 Å². The second-order valence-electron chi connectivity index (χ2n) is 5.54. The van der Waals surface area contributed by atoms with Crippen LogP contribution in [-0.4, -0.2) is 21.5 Å². The van der Waals surface area contributed by atoms with Gasteiger partial charge in [-0.15, -0.1) is 0 Å². The highest BCUT2D eigenvalue weighted by molar-refractivity contribution is 7.89. The first kappa shape index (κ1) is 15.3. The van der Waals surface area contributed by atoms with E-state index in [1.807, 2.05) is 19.1 Å². The van der Waals surface area contributed by atoms with Crippen LogP contribution in [0.3, 0.4) is 0 Å². The Morgan fingerprint density at radius 2 is 2.05 bits per heavy atom. The molecular weight excluding hydrogens is 272 g/mol. The number of aryl methyl sites for hydroxylation is 1. The van der Waals surface area contributed by atoms with Crippen molar-refractivity contribution in [1.82, 2.24) is 4.72 Å². The van der Waals surface area contributed by atoms with E-state index in [1.54, 1.807) is 6.07 Å². The largest absolute Gasteiger partial charge is 0.382 e. The Morgan fingerprint density at radius 1 is 1.30 bits per heavy atom. The molecule has 5 heteroatoms. The highest BCUT2D eigenvalue weighted by atomic mass is 32.2. The van der Waals surface area contributed by atoms with Crippen molar-refractivity contribution in [3.63, 3.8) is 0 Å². The standard InChI is InChI=1S/C15H24N2O2S/c1-4-12-6-5-7-14(12)17-13-9-8-11(2)15(10-13)20(18,19)16-3/h8-10,12,14,16-17H,4-7H2,1-3H3. The smallest absolute Gasteiger partial charge is 0.240 e. The molecule has 0 heterocycles. The fourth-order valence-electron chi connectivity index (χ4n) is 3.02. The van der Waals surface area contributed by atoms with Crippen LogP contribution in [0.15, 0.2) is 23.1 Å². The van der Waals surface area contributed by atoms with Crippen LogP contribution >= 0.6 is 0 Å². The maximum atomic E-state index is 12.0. The van der Waals surface area contributed by atoms with E-state index in [0.717, 1.165) is 11.3 Å². The second-order valence-corrected chi connectivity index (χ2v) is 7.39. The van der Waals surface area contributed by atoms with Gasteiger partial charge in [-0.25, -0.2) is 13.1 Å². The Bertz CT molecular complexity index is 569. The van der Waals surface area contributed by atoms with Crippen LogP contribution in [0.2, 0.25) is 0 Å². The molecule has 0 saturated heterocycles. The zero-order chi connectivity index (χ0) is 14.8. The van der Waals surface area contributed by atoms with Crippen molar-refractivity contribution in [2.24, 2.45) is 5.92 Å². The van der Waals surface area contributed by atoms with Gasteiger partial charge in [0.2, 0.25) is 10.0 Å². The molecule has 2 rings (SSSR count). The first-order valence-corrected chi connectivity index (χ1v) is 8.77. The molecule has 0 aliphatic heterocycles. The van der Waals surface area contributed by atoms with E-state index in [4.69, 9.17) is 0 Å². The average Bonchev–Trinajstić information content (AvgIpc) is 2.88. The number of sulfonamides is 1. The van der Waals surface area contributed by atoms with Gasteiger partial charge < -0.3 is 5.32 Å². The number of benzene rings is 1. The summed E-state index contributed by atoms with van der Waals surface area (Å²) in [5.41, 5.74) is 1.66. The van der Waals surface area contributed by atoms with Gasteiger partial charge in [0.15, 0.2) is 0 Å². The third-order valence-electron chi connectivity index (χ3n) is 4.28. The lowest BCUT2D eigenvalue weighted by Gasteiger charge is -2.21. The molecule has 1 aliphatic carbocycles. The highest BCUT2D eigenvalue weighted by Crippen LogP contribution is 2.31. The van der Waals surface area contributed by atoms with Gasteiger partial charge in [0.05, 0.1) is 4.90 Å². The first-order chi connectivity index (χ1) is 9.47. The average molecular weight is 296 g/mol. The molecule has 20 heavy (non-hydrogen) atoms. The third kappa shape index (κ3) is 3.15. The van der Waals surface area contributed by atoms with E-state index >= 15 is 0 Å². The fourth-order valence-corrected chi connectivity index (χ4v) is 4.01. The Hall–Kier alpha value is -1.07. The molecule has 2 unspecified atom stereocenters. The summed E-state index contributed by atoms with van der Waals surface area (Å²) in [6, 6.07) is 6.04. The number of hydrogen-bond acceptors (Lipinski definition) is 3. The van der Waals surface area contributed by atoms with Gasteiger partial charge in [-0.05, 0) is 50.4 Å². The monoisotopic (exact) mass is 296 g/mol. The Morgan fingerprint density at radius 3 is 2.70 bits per heavy atom. The van der Waals surface area contributed by atoms with Gasteiger partial charge >= 0.3 is 0 Å². The Labute approximate surface area is 122 Å². The van der Waals surface area contributed by atoms with Crippen molar-refractivity contribution < 1.29 is 8.42 Å². The second kappa shape index (κ2) is 6.14. The first-order valence-electron chi connectivity index (χ1n) is 7.28. The summed E-state index contributed by atoms with van der Waals surface area (Å²) < 4.78 is 26.4. The summed E-state index contributed by atoms with van der Waals surface area (Å²) >= 11 is 0. The summed E-state index contributed by atoms with van der Waals surface area (Å²) in [6.45, 7) is 4.04. The molecule has 1 aromatic carbocycles. The van der Waals surface area contributed by atoms with Gasteiger partial charge in [-0.1, -0.05) is 25.8 Å². The molecule has 1 aliphatic rings. The van der Waals surface area contributed by atoms with Gasteiger partial charge in [0, 0.05) is 11.7 Å². The third-order valence-corrected chi connectivity index (χ3v) is 5.84. The van der Waals surface area contributed by atoms with Crippen LogP contribution < -0.4 is 10.0 Å². The number of hydrogen-bond donors (Lipinski definition) is 2. The van der Waals surface area contributed by atoms with Crippen molar-refractivity contribution in [3.8, 4) is 0 Å². The summed E-state index contributed by atoms with van der Waals surface area (Å²) in [5.74, 6) is 0.695. The minimum Gasteiger partial charge on any atom is -0.382 e. The molecule has 1 fully saturated rings. The lowest BCUT2D eigenvalue weighted by atomic mass is 10.0. The Balaban J connectivity index is 2.24. The van der Waals surface area contributed by atoms with E-state index < -0.39 is 10.0 Å². The van der Waals surface area contributed by atoms with Gasteiger partial charge in [-0.3, -0.25) is 0 Å². The maximum absolute atomic E-state index is 12.0. The number of rotatable bonds is 5. The fraction of sp³-hybridized carbons (Fsp3) is 0.600. The molecule has 0 radical (unpaired) electrons. The Kier molecular flexibility index (Phi) is 4.70. The molecule has 2 atom stereocenters. The minimum absolute atomic E-state index is 0.357. The van der Waals surface area contributed by atoms with Crippen molar-refractivity contribution in [1.29, 1.82) is 0 Å². The SMILES string of the molecule is CCC1CCCC1Nc1ccc(C)c(S(=O)(=O)NC)c1. The van der Waals surface area contributed by atoms with E-state index in [-0.39, 0.29) is 0 Å². The van der Waals surface area contributed by atoms with E-state index in [2.05, 4.69) is 17.0 Å². The predicted octanol–water partition coefficient (Wildman–Crippen LogP) is 2.89. The molecular formula is C15H24N2O2S. The highest BCUT2D eigenvalue weighted by Gasteiger charge is 2.26. The van der Waals surface area contributed by atoms with Crippen molar-refractivity contribution in [2.45, 2.75) is 50.5 Å². The predicted molar refractivity (Wildman–Crippen MR) is 82.5 cm³/mol. The maximum Gasteiger partial charge on any atom is 0.240 e. The van der Waals surface area contributed by atoms with Crippen LogP contribution in [0.4, 0.5) is 5.69 Å². The lowest BCUT2D eigenvalue weighted by molar-refractivity contribution is 0.489. The molecule has 112 valence electrons. The normalized spacial score (nSPS) is 22.9. The lowest BCUT2D eigenvalue weighted by Crippen LogP contribution is -2.24. The van der Waals surface area contributed by atoms with E-state index in [0.29, 0.717) is 16.9 Å². The van der Waals surface area contributed by atoms with Crippen LogP contribution in [0.5, 0.6) is 0 Å². The number of anilines is 1. The molecule has 0 aromatic heterocycles. The molecule has 0 amide bonds. The summed E-state index contributed by atoms with van der Waals surface area (Å²) in [6.07, 6.45) is 4.86. The van der Waals surface area contributed by atoms with Gasteiger partial charge in [0.1, 0.15) is 0 Å². The minimum atomic E-state index is -3.39. The number of nitrogens with one attached hydrogen (secondary N) is 2. The van der Waals surface area contributed by atoms with Crippen LogP contribution in [0, 0.1) is 12.8 Å². The molecule has 2 N–H and O–H groups in total. The summed E-state index contributed by atoms with van der Waals surface area (Å²) in [5, 5.41) is 3.51. The van der Waals surface area contributed by atoms with Crippen molar-refractivity contribution >= 4 is 15.7 Å². The van der Waals surface area contributed by atoms with E-state index in [9.17, 15) is 8.42 Å². The topological polar surface area (TPSA) is 58.2 Å². The zero-order valence-corrected chi connectivity index (χ0v) is 13.3. The van der Waals surface area contributed by atoms with Crippen LogP contribution in [0.25, 0.3) is 0 Å². The van der Waals surface area contributed by atoms with Crippen LogP contribution in [-0.2, 0) is 10.0 Å². The molecule has 0 spiro atoms. The van der Waals surface area contributed by atoms with Crippen LogP contribution in [0.1, 0.15) is 38.2 Å². The van der Waals surface area contributed by atoms with E-state index in [1.165, 1.54) is 32.7 Å². The summed E-state index contributed by atoms with van der Waals surface area (Å²) in [7, 11) is -1.95. The summed E-state index contributed by atoms with van der Waals surface area (Å²) in [4.78, 5) is 0.357. The van der Waals surface area contributed by atoms with Gasteiger partial charge in [-0.2, -0.15) is 0 Å². The van der Waals surface area contributed by atoms with Gasteiger partial charge in [0.25, 0.3) is 0 Å². The zero-order valence-electron chi connectivity index (χ0n) is 12.4.